The lowest BCUT2D eigenvalue weighted by Gasteiger charge is -2.35. The zero-order valence-electron chi connectivity index (χ0n) is 11.4. The van der Waals surface area contributed by atoms with Gasteiger partial charge >= 0.3 is 0 Å². The predicted octanol–water partition coefficient (Wildman–Crippen LogP) is 1.26. The number of morpholine rings is 1. The van der Waals surface area contributed by atoms with Crippen molar-refractivity contribution in [2.75, 3.05) is 39.1 Å². The molecule has 2 rings (SSSR count). The summed E-state index contributed by atoms with van der Waals surface area (Å²) in [6.07, 6.45) is 1.16. The Bertz CT molecular complexity index is 544. The second-order valence-electron chi connectivity index (χ2n) is 4.81. The summed E-state index contributed by atoms with van der Waals surface area (Å²) in [5.74, 6) is 0. The molecule has 1 atom stereocenters. The van der Waals surface area contributed by atoms with Crippen LogP contribution in [0.1, 0.15) is 11.6 Å². The Balaban J connectivity index is 2.21. The standard InChI is InChI=1S/C13H19ClN2O3S/c1-20(17,18)15-10-13(16-6-8-19-9-7-16)11-4-2-3-5-12(11)14/h2-5,13,15H,6-10H2,1H3. The molecule has 7 heteroatoms. The van der Waals surface area contributed by atoms with E-state index < -0.39 is 10.0 Å². The number of nitrogens with zero attached hydrogens (tertiary/aromatic N) is 1. The molecule has 5 nitrogen and oxygen atoms in total. The second-order valence-corrected chi connectivity index (χ2v) is 7.05. The van der Waals surface area contributed by atoms with Gasteiger partial charge in [0, 0.05) is 30.7 Å². The Hall–Kier alpha value is -0.660. The number of ether oxygens (including phenoxy) is 1. The van der Waals surface area contributed by atoms with Crippen molar-refractivity contribution >= 4 is 21.6 Å². The third-order valence-corrected chi connectivity index (χ3v) is 4.32. The fourth-order valence-corrected chi connectivity index (χ4v) is 3.02. The molecule has 0 bridgehead atoms. The van der Waals surface area contributed by atoms with Gasteiger partial charge in [-0.2, -0.15) is 0 Å². The molecule has 1 unspecified atom stereocenters. The van der Waals surface area contributed by atoms with Gasteiger partial charge in [0.15, 0.2) is 0 Å². The summed E-state index contributed by atoms with van der Waals surface area (Å²) < 4.78 is 30.6. The molecule has 112 valence electrons. The van der Waals surface area contributed by atoms with E-state index in [0.717, 1.165) is 24.9 Å². The minimum absolute atomic E-state index is 0.0812. The fraction of sp³-hybridized carbons (Fsp3) is 0.538. The Morgan fingerprint density at radius 2 is 2.00 bits per heavy atom. The van der Waals surface area contributed by atoms with Crippen molar-refractivity contribution in [2.24, 2.45) is 0 Å². The Kier molecular flexibility index (Phi) is 5.40. The summed E-state index contributed by atoms with van der Waals surface area (Å²) >= 11 is 6.25. The van der Waals surface area contributed by atoms with Crippen LogP contribution in [0.15, 0.2) is 24.3 Å². The molecule has 0 spiro atoms. The topological polar surface area (TPSA) is 58.6 Å². The van der Waals surface area contributed by atoms with Crippen LogP contribution >= 0.6 is 11.6 Å². The largest absolute Gasteiger partial charge is 0.379 e. The maximum Gasteiger partial charge on any atom is 0.208 e. The van der Waals surface area contributed by atoms with E-state index >= 15 is 0 Å². The van der Waals surface area contributed by atoms with Crippen molar-refractivity contribution in [3.63, 3.8) is 0 Å². The van der Waals surface area contributed by atoms with Crippen LogP contribution in [-0.4, -0.2) is 52.4 Å². The van der Waals surface area contributed by atoms with Gasteiger partial charge in [-0.25, -0.2) is 13.1 Å². The average Bonchev–Trinajstić information content (AvgIpc) is 2.41. The molecule has 1 fully saturated rings. The van der Waals surface area contributed by atoms with Crippen LogP contribution < -0.4 is 4.72 Å². The zero-order valence-corrected chi connectivity index (χ0v) is 13.0. The molecule has 1 aliphatic rings. The van der Waals surface area contributed by atoms with E-state index in [9.17, 15) is 8.42 Å². The molecular formula is C13H19ClN2O3S. The van der Waals surface area contributed by atoms with Crippen LogP contribution in [0.25, 0.3) is 0 Å². The first-order valence-corrected chi connectivity index (χ1v) is 8.75. The highest BCUT2D eigenvalue weighted by atomic mass is 35.5. The van der Waals surface area contributed by atoms with Gasteiger partial charge in [0.2, 0.25) is 10.0 Å². The third kappa shape index (κ3) is 4.43. The molecule has 1 N–H and O–H groups in total. The van der Waals surface area contributed by atoms with Crippen molar-refractivity contribution in [1.29, 1.82) is 0 Å². The molecule has 1 heterocycles. The average molecular weight is 319 g/mol. The zero-order chi connectivity index (χ0) is 14.6. The molecule has 20 heavy (non-hydrogen) atoms. The smallest absolute Gasteiger partial charge is 0.208 e. The van der Waals surface area contributed by atoms with E-state index in [1.807, 2.05) is 24.3 Å². The van der Waals surface area contributed by atoms with Crippen LogP contribution in [0, 0.1) is 0 Å². The molecule has 0 amide bonds. The first-order chi connectivity index (χ1) is 9.47. The maximum atomic E-state index is 11.3. The van der Waals surface area contributed by atoms with Crippen molar-refractivity contribution < 1.29 is 13.2 Å². The van der Waals surface area contributed by atoms with E-state index in [1.54, 1.807) is 0 Å². The normalized spacial score (nSPS) is 18.9. The number of benzene rings is 1. The summed E-state index contributed by atoms with van der Waals surface area (Å²) in [7, 11) is -3.23. The van der Waals surface area contributed by atoms with Gasteiger partial charge in [-0.3, -0.25) is 4.90 Å². The highest BCUT2D eigenvalue weighted by molar-refractivity contribution is 7.88. The van der Waals surface area contributed by atoms with E-state index in [2.05, 4.69) is 9.62 Å². The van der Waals surface area contributed by atoms with Gasteiger partial charge in [-0.15, -0.1) is 0 Å². The lowest BCUT2D eigenvalue weighted by molar-refractivity contribution is 0.0172. The molecule has 1 saturated heterocycles. The molecule has 1 aromatic rings. The number of nitrogens with one attached hydrogen (secondary N) is 1. The van der Waals surface area contributed by atoms with Crippen molar-refractivity contribution in [3.05, 3.63) is 34.9 Å². The summed E-state index contributed by atoms with van der Waals surface area (Å²) in [4.78, 5) is 2.20. The van der Waals surface area contributed by atoms with Crippen LogP contribution in [-0.2, 0) is 14.8 Å². The number of sulfonamides is 1. The van der Waals surface area contributed by atoms with Gasteiger partial charge in [0.1, 0.15) is 0 Å². The number of hydrogen-bond donors (Lipinski definition) is 1. The molecule has 0 aromatic heterocycles. The van der Waals surface area contributed by atoms with Crippen molar-refractivity contribution in [1.82, 2.24) is 9.62 Å². The predicted molar refractivity (Wildman–Crippen MR) is 79.4 cm³/mol. The highest BCUT2D eigenvalue weighted by Crippen LogP contribution is 2.27. The van der Waals surface area contributed by atoms with Crippen LogP contribution in [0.3, 0.4) is 0 Å². The summed E-state index contributed by atoms with van der Waals surface area (Å²) in [5, 5.41) is 0.652. The number of hydrogen-bond acceptors (Lipinski definition) is 4. The summed E-state index contributed by atoms with van der Waals surface area (Å²) in [6, 6.07) is 7.46. The Morgan fingerprint density at radius 3 is 2.60 bits per heavy atom. The lowest BCUT2D eigenvalue weighted by atomic mass is 10.0. The molecule has 1 aromatic carbocycles. The lowest BCUT2D eigenvalue weighted by Crippen LogP contribution is -2.43. The van der Waals surface area contributed by atoms with Gasteiger partial charge in [0.25, 0.3) is 0 Å². The first kappa shape index (κ1) is 15.7. The Labute approximate surface area is 124 Å². The first-order valence-electron chi connectivity index (χ1n) is 6.48. The van der Waals surface area contributed by atoms with Crippen molar-refractivity contribution in [2.45, 2.75) is 6.04 Å². The summed E-state index contributed by atoms with van der Waals surface area (Å²) in [5.41, 5.74) is 0.937. The SMILES string of the molecule is CS(=O)(=O)NCC(c1ccccc1Cl)N1CCOCC1. The third-order valence-electron chi connectivity index (χ3n) is 3.29. The van der Waals surface area contributed by atoms with E-state index in [0.29, 0.717) is 24.8 Å². The van der Waals surface area contributed by atoms with E-state index in [4.69, 9.17) is 16.3 Å². The molecule has 0 aliphatic carbocycles. The minimum atomic E-state index is -3.23. The van der Waals surface area contributed by atoms with Crippen LogP contribution in [0.4, 0.5) is 0 Å². The number of halogens is 1. The van der Waals surface area contributed by atoms with Crippen molar-refractivity contribution in [3.8, 4) is 0 Å². The fourth-order valence-electron chi connectivity index (χ4n) is 2.30. The van der Waals surface area contributed by atoms with Gasteiger partial charge in [0.05, 0.1) is 19.5 Å². The van der Waals surface area contributed by atoms with E-state index in [-0.39, 0.29) is 6.04 Å². The molecule has 1 aliphatic heterocycles. The highest BCUT2D eigenvalue weighted by Gasteiger charge is 2.25. The van der Waals surface area contributed by atoms with Crippen LogP contribution in [0.5, 0.6) is 0 Å². The molecular weight excluding hydrogens is 300 g/mol. The Morgan fingerprint density at radius 1 is 1.35 bits per heavy atom. The second kappa shape index (κ2) is 6.87. The molecule has 0 saturated carbocycles. The van der Waals surface area contributed by atoms with Gasteiger partial charge in [-0.1, -0.05) is 29.8 Å². The monoisotopic (exact) mass is 318 g/mol. The number of rotatable bonds is 5. The maximum absolute atomic E-state index is 11.3. The van der Waals surface area contributed by atoms with E-state index in [1.165, 1.54) is 0 Å². The minimum Gasteiger partial charge on any atom is -0.379 e. The quantitative estimate of drug-likeness (QED) is 0.888. The van der Waals surface area contributed by atoms with Crippen LogP contribution in [0.2, 0.25) is 5.02 Å². The van der Waals surface area contributed by atoms with Gasteiger partial charge < -0.3 is 4.74 Å². The van der Waals surface area contributed by atoms with Gasteiger partial charge in [-0.05, 0) is 11.6 Å². The molecule has 0 radical (unpaired) electrons. The summed E-state index contributed by atoms with van der Waals surface area (Å²) in [6.45, 7) is 3.14.